The highest BCUT2D eigenvalue weighted by molar-refractivity contribution is 5.94. The van der Waals surface area contributed by atoms with Gasteiger partial charge in [0.15, 0.2) is 5.88 Å². The zero-order valence-electron chi connectivity index (χ0n) is 11.0. The van der Waals surface area contributed by atoms with E-state index in [1.54, 1.807) is 4.90 Å². The molecule has 7 nitrogen and oxygen atoms in total. The molecular formula is C13H18N2O5. The molecule has 1 aliphatic heterocycles. The molecule has 7 heteroatoms. The zero-order valence-corrected chi connectivity index (χ0v) is 11.0. The van der Waals surface area contributed by atoms with Crippen LogP contribution in [-0.4, -0.2) is 58.4 Å². The maximum absolute atomic E-state index is 12.2. The molecule has 2 rings (SSSR count). The van der Waals surface area contributed by atoms with Crippen LogP contribution in [0.3, 0.4) is 0 Å². The minimum atomic E-state index is -0.505. The lowest BCUT2D eigenvalue weighted by Gasteiger charge is -2.31. The molecule has 3 N–H and O–H groups in total. The Morgan fingerprint density at radius 3 is 2.70 bits per heavy atom. The highest BCUT2D eigenvalue weighted by atomic mass is 16.5. The van der Waals surface area contributed by atoms with Crippen molar-refractivity contribution < 1.29 is 19.7 Å². The fraction of sp³-hybridized carbons (Fsp3) is 0.538. The molecule has 0 aromatic carbocycles. The van der Waals surface area contributed by atoms with Gasteiger partial charge in [-0.1, -0.05) is 0 Å². The minimum absolute atomic E-state index is 0.00872. The summed E-state index contributed by atoms with van der Waals surface area (Å²) in [5, 5.41) is 18.0. The maximum Gasteiger partial charge on any atom is 0.254 e. The molecule has 110 valence electrons. The van der Waals surface area contributed by atoms with Crippen molar-refractivity contribution >= 4 is 5.91 Å². The van der Waals surface area contributed by atoms with Crippen LogP contribution in [0.2, 0.25) is 0 Å². The fourth-order valence-corrected chi connectivity index (χ4v) is 2.28. The van der Waals surface area contributed by atoms with Crippen molar-refractivity contribution in [2.75, 3.05) is 26.3 Å². The van der Waals surface area contributed by atoms with Gasteiger partial charge in [-0.25, -0.2) is 0 Å². The van der Waals surface area contributed by atoms with Crippen molar-refractivity contribution in [2.24, 2.45) is 0 Å². The maximum atomic E-state index is 12.2. The van der Waals surface area contributed by atoms with Crippen molar-refractivity contribution in [3.8, 4) is 5.88 Å². The monoisotopic (exact) mass is 282 g/mol. The summed E-state index contributed by atoms with van der Waals surface area (Å²) in [5.41, 5.74) is -0.324. The first-order valence-electron chi connectivity index (χ1n) is 6.55. The number of hydrogen-bond acceptors (Lipinski definition) is 5. The number of hydrogen-bond donors (Lipinski definition) is 3. The molecule has 1 amide bonds. The summed E-state index contributed by atoms with van der Waals surface area (Å²) in [6.45, 7) is 1.36. The predicted molar refractivity (Wildman–Crippen MR) is 70.7 cm³/mol. The SMILES string of the molecule is O=C(c1cc(O)[nH]c(=O)c1)N1CCC(OCCO)CC1. The number of aromatic hydroxyl groups is 1. The van der Waals surface area contributed by atoms with E-state index in [9.17, 15) is 14.7 Å². The summed E-state index contributed by atoms with van der Waals surface area (Å²) in [6.07, 6.45) is 1.45. The number of aromatic amines is 1. The molecule has 0 bridgehead atoms. The molecule has 20 heavy (non-hydrogen) atoms. The first-order chi connectivity index (χ1) is 9.60. The molecule has 2 heterocycles. The van der Waals surface area contributed by atoms with Gasteiger partial charge in [0.25, 0.3) is 11.5 Å². The summed E-state index contributed by atoms with van der Waals surface area (Å²) >= 11 is 0. The Hall–Kier alpha value is -1.86. The molecular weight excluding hydrogens is 264 g/mol. The number of nitrogens with one attached hydrogen (secondary N) is 1. The third-order valence-electron chi connectivity index (χ3n) is 3.25. The van der Waals surface area contributed by atoms with Gasteiger partial charge in [0, 0.05) is 25.2 Å². The average molecular weight is 282 g/mol. The summed E-state index contributed by atoms with van der Waals surface area (Å²) in [7, 11) is 0. The second-order valence-electron chi connectivity index (χ2n) is 4.70. The van der Waals surface area contributed by atoms with E-state index in [1.165, 1.54) is 12.1 Å². The lowest BCUT2D eigenvalue weighted by Crippen LogP contribution is -2.41. The molecule has 1 aliphatic rings. The topological polar surface area (TPSA) is 103 Å². The van der Waals surface area contributed by atoms with Gasteiger partial charge in [0.1, 0.15) is 0 Å². The van der Waals surface area contributed by atoms with Gasteiger partial charge in [-0.3, -0.25) is 14.6 Å². The van der Waals surface area contributed by atoms with Crippen molar-refractivity contribution in [1.82, 2.24) is 9.88 Å². The quantitative estimate of drug-likeness (QED) is 0.703. The van der Waals surface area contributed by atoms with Crippen LogP contribution in [0.5, 0.6) is 5.88 Å². The summed E-state index contributed by atoms with van der Waals surface area (Å²) < 4.78 is 5.42. The number of aliphatic hydroxyl groups is 1. The first kappa shape index (κ1) is 14.5. The standard InChI is InChI=1S/C13H18N2O5/c16-5-6-20-10-1-3-15(4-2-10)13(19)9-7-11(17)14-12(18)8-9/h7-8,10,16H,1-6H2,(H2,14,17,18). The minimum Gasteiger partial charge on any atom is -0.494 e. The molecule has 0 radical (unpaired) electrons. The zero-order chi connectivity index (χ0) is 14.5. The number of carbonyl (C=O) groups excluding carboxylic acids is 1. The number of piperidine rings is 1. The van der Waals surface area contributed by atoms with Crippen LogP contribution in [-0.2, 0) is 4.74 Å². The Balaban J connectivity index is 1.96. The van der Waals surface area contributed by atoms with Gasteiger partial charge < -0.3 is 19.8 Å². The Bertz CT molecular complexity index is 520. The van der Waals surface area contributed by atoms with Crippen LogP contribution >= 0.6 is 0 Å². The van der Waals surface area contributed by atoms with Gasteiger partial charge in [-0.05, 0) is 12.8 Å². The highest BCUT2D eigenvalue weighted by Gasteiger charge is 2.24. The van der Waals surface area contributed by atoms with Gasteiger partial charge in [0.05, 0.1) is 24.9 Å². The summed E-state index contributed by atoms with van der Waals surface area (Å²) in [6, 6.07) is 2.43. The van der Waals surface area contributed by atoms with E-state index >= 15 is 0 Å². The molecule has 0 unspecified atom stereocenters. The molecule has 1 aromatic heterocycles. The lowest BCUT2D eigenvalue weighted by atomic mass is 10.1. The Morgan fingerprint density at radius 2 is 2.10 bits per heavy atom. The highest BCUT2D eigenvalue weighted by Crippen LogP contribution is 2.16. The van der Waals surface area contributed by atoms with Crippen molar-refractivity contribution in [2.45, 2.75) is 18.9 Å². The van der Waals surface area contributed by atoms with Gasteiger partial charge in [0.2, 0.25) is 0 Å². The molecule has 1 aromatic rings. The van der Waals surface area contributed by atoms with Crippen LogP contribution in [0.15, 0.2) is 16.9 Å². The molecule has 1 fully saturated rings. The Labute approximate surface area is 115 Å². The number of H-pyrrole nitrogens is 1. The number of ether oxygens (including phenoxy) is 1. The van der Waals surface area contributed by atoms with Crippen LogP contribution in [0.4, 0.5) is 0 Å². The van der Waals surface area contributed by atoms with E-state index < -0.39 is 5.56 Å². The van der Waals surface area contributed by atoms with Crippen molar-refractivity contribution in [3.63, 3.8) is 0 Å². The third-order valence-corrected chi connectivity index (χ3v) is 3.25. The van der Waals surface area contributed by atoms with Gasteiger partial charge in [-0.2, -0.15) is 0 Å². The molecule has 0 spiro atoms. The van der Waals surface area contributed by atoms with Gasteiger partial charge >= 0.3 is 0 Å². The Kier molecular flexibility index (Phi) is 4.75. The Morgan fingerprint density at radius 1 is 1.40 bits per heavy atom. The van der Waals surface area contributed by atoms with E-state index in [-0.39, 0.29) is 30.1 Å². The first-order valence-corrected chi connectivity index (χ1v) is 6.55. The summed E-state index contributed by atoms with van der Waals surface area (Å²) in [4.78, 5) is 27.3. The number of aromatic nitrogens is 1. The number of aliphatic hydroxyl groups excluding tert-OH is 1. The molecule has 0 atom stereocenters. The fourth-order valence-electron chi connectivity index (χ4n) is 2.28. The second-order valence-corrected chi connectivity index (χ2v) is 4.70. The van der Waals surface area contributed by atoms with Crippen molar-refractivity contribution in [1.29, 1.82) is 0 Å². The number of nitrogens with zero attached hydrogens (tertiary/aromatic N) is 1. The number of rotatable bonds is 4. The van der Waals surface area contributed by atoms with E-state index in [2.05, 4.69) is 4.98 Å². The second kappa shape index (κ2) is 6.53. The summed E-state index contributed by atoms with van der Waals surface area (Å²) in [5.74, 6) is -0.589. The third kappa shape index (κ3) is 3.58. The smallest absolute Gasteiger partial charge is 0.254 e. The van der Waals surface area contributed by atoms with E-state index in [0.29, 0.717) is 32.5 Å². The largest absolute Gasteiger partial charge is 0.494 e. The molecule has 0 aliphatic carbocycles. The van der Waals surface area contributed by atoms with E-state index in [0.717, 1.165) is 0 Å². The van der Waals surface area contributed by atoms with Crippen LogP contribution in [0.25, 0.3) is 0 Å². The number of amides is 1. The van der Waals surface area contributed by atoms with Crippen LogP contribution in [0.1, 0.15) is 23.2 Å². The average Bonchev–Trinajstić information content (AvgIpc) is 2.44. The van der Waals surface area contributed by atoms with E-state index in [4.69, 9.17) is 9.84 Å². The number of pyridine rings is 1. The van der Waals surface area contributed by atoms with Crippen molar-refractivity contribution in [3.05, 3.63) is 28.0 Å². The van der Waals surface area contributed by atoms with Crippen LogP contribution < -0.4 is 5.56 Å². The lowest BCUT2D eigenvalue weighted by molar-refractivity contribution is -0.00555. The normalized spacial score (nSPS) is 16.4. The van der Waals surface area contributed by atoms with E-state index in [1.807, 2.05) is 0 Å². The van der Waals surface area contributed by atoms with Gasteiger partial charge in [-0.15, -0.1) is 0 Å². The van der Waals surface area contributed by atoms with Crippen LogP contribution in [0, 0.1) is 0 Å². The molecule has 0 saturated carbocycles. The predicted octanol–water partition coefficient (Wildman–Crippen LogP) is -0.306. The molecule has 1 saturated heterocycles. The number of likely N-dealkylation sites (tertiary alicyclic amines) is 1. The number of carbonyl (C=O) groups is 1.